The Hall–Kier alpha value is -1.39. The zero-order valence-electron chi connectivity index (χ0n) is 10.0. The molecule has 0 aliphatic heterocycles. The molecule has 4 nitrogen and oxygen atoms in total. The van der Waals surface area contributed by atoms with E-state index in [-0.39, 0.29) is 5.56 Å². The summed E-state index contributed by atoms with van der Waals surface area (Å²) >= 11 is 6.06. The van der Waals surface area contributed by atoms with E-state index >= 15 is 0 Å². The summed E-state index contributed by atoms with van der Waals surface area (Å²) in [6.07, 6.45) is 0. The maximum atomic E-state index is 11.9. The van der Waals surface area contributed by atoms with Crippen molar-refractivity contribution in [3.05, 3.63) is 38.9 Å². The summed E-state index contributed by atoms with van der Waals surface area (Å²) in [5.74, 6) is 0.647. The highest BCUT2D eigenvalue weighted by Crippen LogP contribution is 2.20. The van der Waals surface area contributed by atoms with Crippen LogP contribution in [0.2, 0.25) is 5.02 Å². The Labute approximate surface area is 104 Å². The third-order valence-corrected chi connectivity index (χ3v) is 2.72. The molecule has 90 valence electrons. The summed E-state index contributed by atoms with van der Waals surface area (Å²) < 4.78 is 0. The average Bonchev–Trinajstić information content (AvgIpc) is 2.13. The van der Waals surface area contributed by atoms with Gasteiger partial charge in [0.1, 0.15) is 5.82 Å². The minimum atomic E-state index is -0.183. The van der Waals surface area contributed by atoms with E-state index in [1.165, 1.54) is 0 Å². The van der Waals surface area contributed by atoms with E-state index in [4.69, 9.17) is 11.6 Å². The van der Waals surface area contributed by atoms with Gasteiger partial charge in [-0.15, -0.1) is 0 Å². The van der Waals surface area contributed by atoms with Gasteiger partial charge < -0.3 is 9.88 Å². The molecule has 0 spiro atoms. The summed E-state index contributed by atoms with van der Waals surface area (Å²) in [6.45, 7) is 2.52. The zero-order chi connectivity index (χ0) is 12.6. The van der Waals surface area contributed by atoms with Crippen LogP contribution in [-0.2, 0) is 6.54 Å². The predicted octanol–water partition coefficient (Wildman–Crippen LogP) is 1.95. The third kappa shape index (κ3) is 2.48. The Morgan fingerprint density at radius 3 is 2.76 bits per heavy atom. The van der Waals surface area contributed by atoms with Crippen molar-refractivity contribution < 1.29 is 0 Å². The smallest absolute Gasteiger partial charge is 0.260 e. The van der Waals surface area contributed by atoms with Crippen molar-refractivity contribution in [2.45, 2.75) is 13.5 Å². The lowest BCUT2D eigenvalue weighted by molar-refractivity contribution is 0.390. The zero-order valence-corrected chi connectivity index (χ0v) is 10.8. The third-order valence-electron chi connectivity index (χ3n) is 2.42. The summed E-state index contributed by atoms with van der Waals surface area (Å²) in [6, 6.07) is 3.64. The van der Waals surface area contributed by atoms with Crippen LogP contribution in [0.1, 0.15) is 11.4 Å². The number of halogens is 1. The predicted molar refractivity (Wildman–Crippen MR) is 69.5 cm³/mol. The summed E-state index contributed by atoms with van der Waals surface area (Å²) in [4.78, 5) is 21.0. The monoisotopic (exact) mass is 251 g/mol. The molecule has 2 rings (SSSR count). The van der Waals surface area contributed by atoms with Gasteiger partial charge in [0.25, 0.3) is 5.56 Å². The molecule has 0 saturated carbocycles. The molecule has 2 aromatic rings. The van der Waals surface area contributed by atoms with Gasteiger partial charge in [0.2, 0.25) is 0 Å². The topological polar surface area (TPSA) is 49.0 Å². The minimum absolute atomic E-state index is 0.183. The lowest BCUT2D eigenvalue weighted by Crippen LogP contribution is -2.18. The molecule has 0 fully saturated rings. The van der Waals surface area contributed by atoms with Crippen LogP contribution in [0.15, 0.2) is 16.9 Å². The Morgan fingerprint density at radius 2 is 2.12 bits per heavy atom. The second-order valence-corrected chi connectivity index (χ2v) is 4.80. The van der Waals surface area contributed by atoms with Crippen LogP contribution < -0.4 is 5.56 Å². The van der Waals surface area contributed by atoms with Crippen molar-refractivity contribution in [1.82, 2.24) is 14.9 Å². The number of fused-ring (bicyclic) bond motifs is 1. The normalized spacial score (nSPS) is 11.4. The van der Waals surface area contributed by atoms with Crippen LogP contribution in [-0.4, -0.2) is 29.0 Å². The van der Waals surface area contributed by atoms with E-state index in [0.29, 0.717) is 28.3 Å². The van der Waals surface area contributed by atoms with Crippen molar-refractivity contribution in [3.63, 3.8) is 0 Å². The summed E-state index contributed by atoms with van der Waals surface area (Å²) in [7, 11) is 3.85. The van der Waals surface area contributed by atoms with Crippen LogP contribution in [0.4, 0.5) is 0 Å². The number of benzene rings is 1. The first kappa shape index (κ1) is 12.1. The van der Waals surface area contributed by atoms with Gasteiger partial charge in [0.15, 0.2) is 0 Å². The van der Waals surface area contributed by atoms with E-state index < -0.39 is 0 Å². The Kier molecular flexibility index (Phi) is 3.17. The van der Waals surface area contributed by atoms with Crippen LogP contribution in [0, 0.1) is 6.92 Å². The van der Waals surface area contributed by atoms with Gasteiger partial charge in [-0.3, -0.25) is 4.79 Å². The maximum absolute atomic E-state index is 11.9. The van der Waals surface area contributed by atoms with Gasteiger partial charge in [-0.2, -0.15) is 0 Å². The van der Waals surface area contributed by atoms with Crippen molar-refractivity contribution in [2.75, 3.05) is 14.1 Å². The van der Waals surface area contributed by atoms with Crippen molar-refractivity contribution in [1.29, 1.82) is 0 Å². The van der Waals surface area contributed by atoms with Gasteiger partial charge in [0.05, 0.1) is 22.5 Å². The van der Waals surface area contributed by atoms with Gasteiger partial charge in [-0.05, 0) is 38.7 Å². The molecule has 0 aliphatic rings. The molecule has 0 amide bonds. The summed E-state index contributed by atoms with van der Waals surface area (Å²) in [5, 5.41) is 0.907. The number of aromatic nitrogens is 2. The van der Waals surface area contributed by atoms with E-state index in [1.807, 2.05) is 32.0 Å². The SMILES string of the molecule is Cc1cc(Cl)c2c(=O)[nH]c(CN(C)C)nc2c1. The first-order valence-electron chi connectivity index (χ1n) is 5.31. The molecule has 1 N–H and O–H groups in total. The van der Waals surface area contributed by atoms with Crippen LogP contribution in [0.3, 0.4) is 0 Å². The fourth-order valence-electron chi connectivity index (χ4n) is 1.78. The molecule has 17 heavy (non-hydrogen) atoms. The standard InChI is InChI=1S/C12H14ClN3O/c1-7-4-8(13)11-9(5-7)14-10(6-16(2)3)15-12(11)17/h4-5H,6H2,1-3H3,(H,14,15,17). The number of aryl methyl sites for hydroxylation is 1. The lowest BCUT2D eigenvalue weighted by Gasteiger charge is -2.09. The van der Waals surface area contributed by atoms with Gasteiger partial charge in [-0.25, -0.2) is 4.98 Å². The molecule has 0 saturated heterocycles. The molecule has 1 aromatic heterocycles. The largest absolute Gasteiger partial charge is 0.309 e. The fraction of sp³-hybridized carbons (Fsp3) is 0.333. The quantitative estimate of drug-likeness (QED) is 0.888. The van der Waals surface area contributed by atoms with Crippen molar-refractivity contribution in [2.24, 2.45) is 0 Å². The highest BCUT2D eigenvalue weighted by Gasteiger charge is 2.08. The molecule has 1 heterocycles. The van der Waals surface area contributed by atoms with Crippen molar-refractivity contribution in [3.8, 4) is 0 Å². The van der Waals surface area contributed by atoms with Gasteiger partial charge in [-0.1, -0.05) is 11.6 Å². The van der Waals surface area contributed by atoms with Crippen LogP contribution in [0.25, 0.3) is 10.9 Å². The van der Waals surface area contributed by atoms with Crippen LogP contribution >= 0.6 is 11.6 Å². The highest BCUT2D eigenvalue weighted by molar-refractivity contribution is 6.35. The number of nitrogens with zero attached hydrogens (tertiary/aromatic N) is 2. The minimum Gasteiger partial charge on any atom is -0.309 e. The summed E-state index contributed by atoms with van der Waals surface area (Å²) in [5.41, 5.74) is 1.46. The molecule has 0 unspecified atom stereocenters. The maximum Gasteiger partial charge on any atom is 0.260 e. The molecule has 0 aliphatic carbocycles. The number of aromatic amines is 1. The second kappa shape index (κ2) is 4.47. The number of hydrogen-bond donors (Lipinski definition) is 1. The molecule has 0 bridgehead atoms. The van der Waals surface area contributed by atoms with E-state index in [9.17, 15) is 4.79 Å². The lowest BCUT2D eigenvalue weighted by atomic mass is 10.2. The molecular formula is C12H14ClN3O. The molecule has 1 aromatic carbocycles. The second-order valence-electron chi connectivity index (χ2n) is 4.39. The van der Waals surface area contributed by atoms with E-state index in [0.717, 1.165) is 5.56 Å². The first-order valence-corrected chi connectivity index (χ1v) is 5.69. The molecule has 5 heteroatoms. The molecule has 0 radical (unpaired) electrons. The van der Waals surface area contributed by atoms with Crippen LogP contribution in [0.5, 0.6) is 0 Å². The fourth-order valence-corrected chi connectivity index (χ4v) is 2.13. The van der Waals surface area contributed by atoms with Crippen molar-refractivity contribution >= 4 is 22.5 Å². The van der Waals surface area contributed by atoms with Gasteiger partial charge in [0, 0.05) is 0 Å². The molecular weight excluding hydrogens is 238 g/mol. The highest BCUT2D eigenvalue weighted by atomic mass is 35.5. The Bertz CT molecular complexity index is 619. The Balaban J connectivity index is 2.69. The number of rotatable bonds is 2. The van der Waals surface area contributed by atoms with E-state index in [2.05, 4.69) is 9.97 Å². The Morgan fingerprint density at radius 1 is 1.41 bits per heavy atom. The van der Waals surface area contributed by atoms with Gasteiger partial charge >= 0.3 is 0 Å². The number of H-pyrrole nitrogens is 1. The first-order chi connectivity index (χ1) is 7.97. The average molecular weight is 252 g/mol. The number of hydrogen-bond acceptors (Lipinski definition) is 3. The molecule has 0 atom stereocenters. The van der Waals surface area contributed by atoms with E-state index in [1.54, 1.807) is 6.07 Å². The number of nitrogens with one attached hydrogen (secondary N) is 1.